The summed E-state index contributed by atoms with van der Waals surface area (Å²) in [6.45, 7) is 2.16. The van der Waals surface area contributed by atoms with Gasteiger partial charge in [-0.1, -0.05) is 67.9 Å². The maximum Gasteiger partial charge on any atom is 0.506 e. The van der Waals surface area contributed by atoms with Gasteiger partial charge in [-0.15, -0.1) is 0 Å². The second-order valence-electron chi connectivity index (χ2n) is 6.41. The number of hydrogen-bond donors (Lipinski definition) is 1. The Morgan fingerprint density at radius 1 is 0.960 bits per heavy atom. The molecule has 0 bridgehead atoms. The van der Waals surface area contributed by atoms with Crippen LogP contribution in [-0.4, -0.2) is 11.3 Å². The molecule has 2 aromatic rings. The molecule has 0 saturated carbocycles. The Bertz CT molecular complexity index is 637. The van der Waals surface area contributed by atoms with Gasteiger partial charge in [-0.05, 0) is 55.2 Å². The molecule has 25 heavy (non-hydrogen) atoms. The summed E-state index contributed by atoms with van der Waals surface area (Å²) in [5.41, 5.74) is 3.55. The Labute approximate surface area is 150 Å². The molecular weight excluding hydrogens is 312 g/mol. The third-order valence-corrected chi connectivity index (χ3v) is 4.47. The van der Waals surface area contributed by atoms with Gasteiger partial charge in [0.1, 0.15) is 6.10 Å². The van der Waals surface area contributed by atoms with Crippen LogP contribution in [0.25, 0.3) is 0 Å². The second-order valence-corrected chi connectivity index (χ2v) is 6.41. The van der Waals surface area contributed by atoms with E-state index in [1.54, 1.807) is 0 Å². The normalized spacial score (nSPS) is 11.9. The highest BCUT2D eigenvalue weighted by atomic mass is 16.7. The highest BCUT2D eigenvalue weighted by molar-refractivity contribution is 5.57. The summed E-state index contributed by atoms with van der Waals surface area (Å²) >= 11 is 0. The van der Waals surface area contributed by atoms with Gasteiger partial charge in [-0.2, -0.15) is 0 Å². The lowest BCUT2D eigenvalue weighted by atomic mass is 9.94. The summed E-state index contributed by atoms with van der Waals surface area (Å²) < 4.78 is 5.23. The van der Waals surface area contributed by atoms with Gasteiger partial charge in [0, 0.05) is 0 Å². The number of carboxylic acid groups (broad SMARTS) is 1. The number of carbonyl (C=O) groups is 1. The fourth-order valence-corrected chi connectivity index (χ4v) is 3.15. The van der Waals surface area contributed by atoms with E-state index in [0.717, 1.165) is 50.5 Å². The molecule has 2 rings (SSSR count). The van der Waals surface area contributed by atoms with Crippen molar-refractivity contribution in [3.05, 3.63) is 71.3 Å². The number of aryl methyl sites for hydroxylation is 2. The molecule has 134 valence electrons. The van der Waals surface area contributed by atoms with Crippen molar-refractivity contribution in [2.24, 2.45) is 0 Å². The van der Waals surface area contributed by atoms with Crippen molar-refractivity contribution in [2.45, 2.75) is 58.0 Å². The zero-order valence-electron chi connectivity index (χ0n) is 15.0. The SMILES string of the molecule is CCCCc1ccccc1C(CCCCc1ccccc1)OC(=O)O. The van der Waals surface area contributed by atoms with Crippen molar-refractivity contribution in [1.29, 1.82) is 0 Å². The van der Waals surface area contributed by atoms with Crippen molar-refractivity contribution in [2.75, 3.05) is 0 Å². The highest BCUT2D eigenvalue weighted by Crippen LogP contribution is 2.28. The maximum atomic E-state index is 11.1. The summed E-state index contributed by atoms with van der Waals surface area (Å²) in [6.07, 6.45) is 5.33. The van der Waals surface area contributed by atoms with Crippen molar-refractivity contribution in [3.63, 3.8) is 0 Å². The van der Waals surface area contributed by atoms with Crippen LogP contribution in [0, 0.1) is 0 Å². The van der Waals surface area contributed by atoms with E-state index in [0.29, 0.717) is 0 Å². The van der Waals surface area contributed by atoms with Gasteiger partial charge in [0.2, 0.25) is 0 Å². The first kappa shape index (κ1) is 19.0. The average Bonchev–Trinajstić information content (AvgIpc) is 2.63. The zero-order valence-corrected chi connectivity index (χ0v) is 15.0. The number of benzene rings is 2. The first-order valence-corrected chi connectivity index (χ1v) is 9.22. The molecule has 0 aliphatic rings. The third-order valence-electron chi connectivity index (χ3n) is 4.47. The van der Waals surface area contributed by atoms with E-state index in [9.17, 15) is 4.79 Å². The molecule has 0 saturated heterocycles. The minimum Gasteiger partial charge on any atom is -0.450 e. The summed E-state index contributed by atoms with van der Waals surface area (Å²) in [4.78, 5) is 11.1. The van der Waals surface area contributed by atoms with E-state index < -0.39 is 6.16 Å². The monoisotopic (exact) mass is 340 g/mol. The van der Waals surface area contributed by atoms with Crippen LogP contribution in [0.1, 0.15) is 61.8 Å². The zero-order chi connectivity index (χ0) is 17.9. The Morgan fingerprint density at radius 2 is 1.68 bits per heavy atom. The van der Waals surface area contributed by atoms with Crippen LogP contribution in [-0.2, 0) is 17.6 Å². The topological polar surface area (TPSA) is 46.5 Å². The maximum absolute atomic E-state index is 11.1. The van der Waals surface area contributed by atoms with Gasteiger partial charge in [0.05, 0.1) is 0 Å². The lowest BCUT2D eigenvalue weighted by Gasteiger charge is -2.19. The molecule has 2 aromatic carbocycles. The molecule has 1 atom stereocenters. The molecular formula is C22H28O3. The van der Waals surface area contributed by atoms with Crippen molar-refractivity contribution >= 4 is 6.16 Å². The molecule has 0 amide bonds. The van der Waals surface area contributed by atoms with Crippen LogP contribution in [0.3, 0.4) is 0 Å². The lowest BCUT2D eigenvalue weighted by molar-refractivity contribution is 0.0461. The minimum absolute atomic E-state index is 0.374. The molecule has 1 N–H and O–H groups in total. The molecule has 0 radical (unpaired) electrons. The van der Waals surface area contributed by atoms with Crippen molar-refractivity contribution in [1.82, 2.24) is 0 Å². The van der Waals surface area contributed by atoms with Gasteiger partial charge in [0.25, 0.3) is 0 Å². The highest BCUT2D eigenvalue weighted by Gasteiger charge is 2.18. The number of hydrogen-bond acceptors (Lipinski definition) is 2. The summed E-state index contributed by atoms with van der Waals surface area (Å²) in [5, 5.41) is 9.12. The van der Waals surface area contributed by atoms with Gasteiger partial charge in [0.15, 0.2) is 0 Å². The molecule has 0 fully saturated rings. The Kier molecular flexibility index (Phi) is 8.03. The predicted octanol–water partition coefficient (Wildman–Crippen LogP) is 6.18. The van der Waals surface area contributed by atoms with Crippen molar-refractivity contribution < 1.29 is 14.6 Å². The Hall–Kier alpha value is -2.29. The van der Waals surface area contributed by atoms with E-state index in [4.69, 9.17) is 9.84 Å². The van der Waals surface area contributed by atoms with E-state index in [2.05, 4.69) is 37.3 Å². The molecule has 0 heterocycles. The van der Waals surface area contributed by atoms with E-state index in [-0.39, 0.29) is 6.10 Å². The molecule has 0 aliphatic heterocycles. The fourth-order valence-electron chi connectivity index (χ4n) is 3.15. The van der Waals surface area contributed by atoms with Crippen LogP contribution >= 0.6 is 0 Å². The van der Waals surface area contributed by atoms with Crippen LogP contribution in [0.15, 0.2) is 54.6 Å². The van der Waals surface area contributed by atoms with Gasteiger partial charge in [-0.25, -0.2) is 4.79 Å². The molecule has 3 heteroatoms. The standard InChI is InChI=1S/C22H28O3/c1-2-3-14-19-15-8-9-16-20(19)21(25-22(23)24)17-10-7-13-18-11-5-4-6-12-18/h4-6,8-9,11-12,15-16,21H,2-3,7,10,13-14,17H2,1H3,(H,23,24). The molecule has 3 nitrogen and oxygen atoms in total. The van der Waals surface area contributed by atoms with E-state index in [1.165, 1.54) is 11.1 Å². The van der Waals surface area contributed by atoms with Crippen LogP contribution < -0.4 is 0 Å². The molecule has 0 aromatic heterocycles. The lowest BCUT2D eigenvalue weighted by Crippen LogP contribution is -2.12. The Morgan fingerprint density at radius 3 is 2.40 bits per heavy atom. The van der Waals surface area contributed by atoms with Crippen LogP contribution in [0.2, 0.25) is 0 Å². The molecule has 1 unspecified atom stereocenters. The third kappa shape index (κ3) is 6.61. The fraction of sp³-hybridized carbons (Fsp3) is 0.409. The average molecular weight is 340 g/mol. The molecule has 0 aliphatic carbocycles. The number of ether oxygens (including phenoxy) is 1. The largest absolute Gasteiger partial charge is 0.506 e. The summed E-state index contributed by atoms with van der Waals surface area (Å²) in [6, 6.07) is 18.5. The smallest absolute Gasteiger partial charge is 0.450 e. The second kappa shape index (κ2) is 10.5. The van der Waals surface area contributed by atoms with Gasteiger partial charge < -0.3 is 9.84 Å². The number of unbranched alkanes of at least 4 members (excludes halogenated alkanes) is 2. The summed E-state index contributed by atoms with van der Waals surface area (Å²) in [5.74, 6) is 0. The van der Waals surface area contributed by atoms with Gasteiger partial charge in [-0.3, -0.25) is 0 Å². The summed E-state index contributed by atoms with van der Waals surface area (Å²) in [7, 11) is 0. The van der Waals surface area contributed by atoms with E-state index in [1.807, 2.05) is 24.3 Å². The quantitative estimate of drug-likeness (QED) is 0.415. The first-order chi connectivity index (χ1) is 12.2. The molecule has 0 spiro atoms. The van der Waals surface area contributed by atoms with E-state index >= 15 is 0 Å². The first-order valence-electron chi connectivity index (χ1n) is 9.22. The van der Waals surface area contributed by atoms with Crippen LogP contribution in [0.5, 0.6) is 0 Å². The number of rotatable bonds is 10. The van der Waals surface area contributed by atoms with Gasteiger partial charge >= 0.3 is 6.16 Å². The predicted molar refractivity (Wildman–Crippen MR) is 101 cm³/mol. The van der Waals surface area contributed by atoms with Crippen LogP contribution in [0.4, 0.5) is 4.79 Å². The van der Waals surface area contributed by atoms with Crippen molar-refractivity contribution in [3.8, 4) is 0 Å². The minimum atomic E-state index is -1.20. The Balaban J connectivity index is 1.97.